The summed E-state index contributed by atoms with van der Waals surface area (Å²) in [6.07, 6.45) is 4.21. The van der Waals surface area contributed by atoms with Gasteiger partial charge in [0.05, 0.1) is 4.92 Å². The lowest BCUT2D eigenvalue weighted by molar-refractivity contribution is -0.384. The van der Waals surface area contributed by atoms with Crippen LogP contribution in [0.2, 0.25) is 0 Å². The van der Waals surface area contributed by atoms with Gasteiger partial charge in [-0.15, -0.1) is 0 Å². The highest BCUT2D eigenvalue weighted by Crippen LogP contribution is 2.15. The number of non-ortho nitro benzene ring substituents is 1. The molecule has 0 aromatic heterocycles. The van der Waals surface area contributed by atoms with E-state index in [4.69, 9.17) is 0 Å². The monoisotopic (exact) mass is 303 g/mol. The molecule has 0 bridgehead atoms. The molecule has 0 saturated carbocycles. The number of carbonyl (C=O) groups is 1. The summed E-state index contributed by atoms with van der Waals surface area (Å²) in [5, 5.41) is 13.9. The molecule has 1 aliphatic heterocycles. The fraction of sp³-hybridized carbons (Fsp3) is 0.438. The van der Waals surface area contributed by atoms with Gasteiger partial charge in [0.15, 0.2) is 0 Å². The van der Waals surface area contributed by atoms with Crippen LogP contribution in [0.15, 0.2) is 30.3 Å². The van der Waals surface area contributed by atoms with E-state index in [0.29, 0.717) is 0 Å². The van der Waals surface area contributed by atoms with Crippen LogP contribution in [0, 0.1) is 10.1 Å². The van der Waals surface area contributed by atoms with Crippen molar-refractivity contribution in [3.8, 4) is 0 Å². The first kappa shape index (κ1) is 16.2. The number of hydrogen-bond donors (Lipinski definition) is 1. The van der Waals surface area contributed by atoms with Gasteiger partial charge < -0.3 is 10.2 Å². The van der Waals surface area contributed by atoms with Crippen molar-refractivity contribution < 1.29 is 9.72 Å². The first-order valence-corrected chi connectivity index (χ1v) is 7.44. The second-order valence-corrected chi connectivity index (χ2v) is 5.67. The van der Waals surface area contributed by atoms with Gasteiger partial charge in [-0.2, -0.15) is 0 Å². The molecule has 1 aromatic carbocycles. The van der Waals surface area contributed by atoms with Crippen molar-refractivity contribution in [1.82, 2.24) is 10.2 Å². The Hall–Kier alpha value is -2.21. The molecule has 1 aliphatic rings. The van der Waals surface area contributed by atoms with E-state index >= 15 is 0 Å². The molecule has 0 aliphatic carbocycles. The summed E-state index contributed by atoms with van der Waals surface area (Å²) in [5.74, 6) is -0.0259. The molecule has 1 amide bonds. The molecule has 1 atom stereocenters. The van der Waals surface area contributed by atoms with E-state index in [1.807, 2.05) is 18.7 Å². The number of nitrogens with zero attached hydrogens (tertiary/aromatic N) is 2. The Labute approximate surface area is 130 Å². The fourth-order valence-electron chi connectivity index (χ4n) is 2.69. The molecule has 1 N–H and O–H groups in total. The van der Waals surface area contributed by atoms with Crippen LogP contribution in [-0.2, 0) is 4.79 Å². The zero-order valence-corrected chi connectivity index (χ0v) is 12.9. The minimum absolute atomic E-state index is 0.0259. The highest BCUT2D eigenvalue weighted by Gasteiger charge is 2.27. The van der Waals surface area contributed by atoms with Gasteiger partial charge in [0.2, 0.25) is 5.91 Å². The van der Waals surface area contributed by atoms with Crippen molar-refractivity contribution in [1.29, 1.82) is 0 Å². The van der Waals surface area contributed by atoms with Crippen molar-refractivity contribution in [3.05, 3.63) is 46.0 Å². The van der Waals surface area contributed by atoms with E-state index in [1.165, 1.54) is 12.1 Å². The Morgan fingerprint density at radius 1 is 1.41 bits per heavy atom. The minimum Gasteiger partial charge on any atom is -0.332 e. The third-order valence-electron chi connectivity index (χ3n) is 3.76. The van der Waals surface area contributed by atoms with Gasteiger partial charge in [-0.05, 0) is 50.6 Å². The summed E-state index contributed by atoms with van der Waals surface area (Å²) in [7, 11) is 0. The number of carbonyl (C=O) groups excluding carboxylic acids is 1. The van der Waals surface area contributed by atoms with E-state index in [1.54, 1.807) is 24.3 Å². The predicted molar refractivity (Wildman–Crippen MR) is 85.4 cm³/mol. The number of benzene rings is 1. The van der Waals surface area contributed by atoms with Crippen LogP contribution >= 0.6 is 0 Å². The van der Waals surface area contributed by atoms with Crippen LogP contribution in [-0.4, -0.2) is 40.9 Å². The van der Waals surface area contributed by atoms with Crippen LogP contribution in [0.3, 0.4) is 0 Å². The normalized spacial score (nSPS) is 18.0. The molecular weight excluding hydrogens is 282 g/mol. The second-order valence-electron chi connectivity index (χ2n) is 5.67. The summed E-state index contributed by atoms with van der Waals surface area (Å²) in [4.78, 5) is 24.5. The molecule has 1 fully saturated rings. The molecule has 1 unspecified atom stereocenters. The molecule has 1 heterocycles. The quantitative estimate of drug-likeness (QED) is 0.514. The lowest BCUT2D eigenvalue weighted by Crippen LogP contribution is -2.45. The van der Waals surface area contributed by atoms with E-state index in [2.05, 4.69) is 5.32 Å². The van der Waals surface area contributed by atoms with Crippen molar-refractivity contribution in [2.75, 3.05) is 13.1 Å². The number of nitro benzene ring substituents is 1. The van der Waals surface area contributed by atoms with Gasteiger partial charge >= 0.3 is 0 Å². The first-order chi connectivity index (χ1) is 10.5. The van der Waals surface area contributed by atoms with E-state index in [0.717, 1.165) is 25.1 Å². The van der Waals surface area contributed by atoms with Gasteiger partial charge in [-0.25, -0.2) is 0 Å². The Balaban J connectivity index is 2.06. The third kappa shape index (κ3) is 3.92. The molecule has 1 saturated heterocycles. The number of hydrogen-bond acceptors (Lipinski definition) is 4. The molecule has 118 valence electrons. The van der Waals surface area contributed by atoms with Crippen LogP contribution in [0.1, 0.15) is 25.8 Å². The number of amides is 1. The predicted octanol–water partition coefficient (Wildman–Crippen LogP) is 2.21. The molecule has 0 spiro atoms. The van der Waals surface area contributed by atoms with Gasteiger partial charge in [0.1, 0.15) is 0 Å². The maximum Gasteiger partial charge on any atom is 0.269 e. The van der Waals surface area contributed by atoms with Crippen molar-refractivity contribution in [2.45, 2.75) is 32.4 Å². The zero-order valence-electron chi connectivity index (χ0n) is 12.9. The topological polar surface area (TPSA) is 75.5 Å². The average molecular weight is 303 g/mol. The maximum absolute atomic E-state index is 12.4. The van der Waals surface area contributed by atoms with Crippen LogP contribution in [0.4, 0.5) is 5.69 Å². The van der Waals surface area contributed by atoms with Gasteiger partial charge in [0.25, 0.3) is 5.69 Å². The lowest BCUT2D eigenvalue weighted by Gasteiger charge is -2.31. The summed E-state index contributed by atoms with van der Waals surface area (Å²) in [5.41, 5.74) is 0.816. The molecule has 0 radical (unpaired) electrons. The van der Waals surface area contributed by atoms with E-state index < -0.39 is 4.92 Å². The molecule has 22 heavy (non-hydrogen) atoms. The Bertz CT molecular complexity index is 561. The highest BCUT2D eigenvalue weighted by atomic mass is 16.6. The summed E-state index contributed by atoms with van der Waals surface area (Å²) >= 11 is 0. The Morgan fingerprint density at radius 3 is 2.59 bits per heavy atom. The van der Waals surface area contributed by atoms with Crippen molar-refractivity contribution in [2.24, 2.45) is 0 Å². The standard InChI is InChI=1S/C16H21N3O3/c1-12(2)18(15-9-10-17-11-15)16(20)8-5-13-3-6-14(7-4-13)19(21)22/h3-8,12,15,17H,9-11H2,1-2H3/b8-5+. The van der Waals surface area contributed by atoms with Crippen molar-refractivity contribution in [3.63, 3.8) is 0 Å². The number of nitro groups is 1. The fourth-order valence-corrected chi connectivity index (χ4v) is 2.69. The largest absolute Gasteiger partial charge is 0.332 e. The summed E-state index contributed by atoms with van der Waals surface area (Å²) < 4.78 is 0. The van der Waals surface area contributed by atoms with E-state index in [-0.39, 0.29) is 23.7 Å². The molecule has 2 rings (SSSR count). The van der Waals surface area contributed by atoms with Gasteiger partial charge in [0, 0.05) is 36.8 Å². The van der Waals surface area contributed by atoms with Crippen LogP contribution in [0.25, 0.3) is 6.08 Å². The third-order valence-corrected chi connectivity index (χ3v) is 3.76. The average Bonchev–Trinajstić information content (AvgIpc) is 2.99. The van der Waals surface area contributed by atoms with Gasteiger partial charge in [-0.3, -0.25) is 14.9 Å². The molecule has 6 heteroatoms. The SMILES string of the molecule is CC(C)N(C(=O)/C=C/c1ccc([N+](=O)[O-])cc1)C1CCNC1. The smallest absolute Gasteiger partial charge is 0.269 e. The van der Waals surface area contributed by atoms with Gasteiger partial charge in [-0.1, -0.05) is 0 Å². The summed E-state index contributed by atoms with van der Waals surface area (Å²) in [6, 6.07) is 6.52. The van der Waals surface area contributed by atoms with Crippen LogP contribution < -0.4 is 5.32 Å². The molecule has 1 aromatic rings. The number of rotatable bonds is 5. The zero-order chi connectivity index (χ0) is 16.1. The maximum atomic E-state index is 12.4. The highest BCUT2D eigenvalue weighted by molar-refractivity contribution is 5.92. The Kier molecular flexibility index (Phi) is 5.27. The second kappa shape index (κ2) is 7.17. The van der Waals surface area contributed by atoms with Crippen LogP contribution in [0.5, 0.6) is 0 Å². The first-order valence-electron chi connectivity index (χ1n) is 7.44. The molecule has 6 nitrogen and oxygen atoms in total. The Morgan fingerprint density at radius 2 is 2.09 bits per heavy atom. The molecular formula is C16H21N3O3. The summed E-state index contributed by atoms with van der Waals surface area (Å²) in [6.45, 7) is 5.79. The lowest BCUT2D eigenvalue weighted by atomic mass is 10.1. The minimum atomic E-state index is -0.438. The van der Waals surface area contributed by atoms with E-state index in [9.17, 15) is 14.9 Å². The van der Waals surface area contributed by atoms with Crippen molar-refractivity contribution >= 4 is 17.7 Å². The number of nitrogens with one attached hydrogen (secondary N) is 1.